The first-order valence-corrected chi connectivity index (χ1v) is 11.1. The van der Waals surface area contributed by atoms with Crippen LogP contribution in [0.4, 0.5) is 0 Å². The first-order valence-electron chi connectivity index (χ1n) is 9.73. The summed E-state index contributed by atoms with van der Waals surface area (Å²) in [5.74, 6) is 0.854. The number of thioether (sulfide) groups is 1. The lowest BCUT2D eigenvalue weighted by atomic mass is 10.2. The van der Waals surface area contributed by atoms with E-state index in [0.29, 0.717) is 38.9 Å². The molecule has 3 rings (SSSR count). The second-order valence-electron chi connectivity index (χ2n) is 6.55. The van der Waals surface area contributed by atoms with Crippen LogP contribution in [0.5, 0.6) is 0 Å². The average molecular weight is 430 g/mol. The minimum atomic E-state index is -0.125. The number of benzene rings is 2. The lowest BCUT2D eigenvalue weighted by molar-refractivity contribution is -0.130. The SMILES string of the molecule is CCN(CC)C(=O)CCCSc1nc2ccccc2c(=O)n1-c1cccc(Cl)c1. The second-order valence-corrected chi connectivity index (χ2v) is 8.05. The molecule has 0 fully saturated rings. The lowest BCUT2D eigenvalue weighted by Gasteiger charge is -2.18. The van der Waals surface area contributed by atoms with E-state index < -0.39 is 0 Å². The van der Waals surface area contributed by atoms with Crippen molar-refractivity contribution < 1.29 is 4.79 Å². The van der Waals surface area contributed by atoms with Crippen LogP contribution in [0.25, 0.3) is 16.6 Å². The summed E-state index contributed by atoms with van der Waals surface area (Å²) in [4.78, 5) is 31.9. The third-order valence-corrected chi connectivity index (χ3v) is 5.95. The van der Waals surface area contributed by atoms with E-state index in [9.17, 15) is 9.59 Å². The van der Waals surface area contributed by atoms with Crippen molar-refractivity contribution in [1.82, 2.24) is 14.5 Å². The van der Waals surface area contributed by atoms with Crippen LogP contribution < -0.4 is 5.56 Å². The zero-order chi connectivity index (χ0) is 20.8. The zero-order valence-corrected chi connectivity index (χ0v) is 18.2. The predicted octanol–water partition coefficient (Wildman–Crippen LogP) is 4.78. The van der Waals surface area contributed by atoms with E-state index in [0.717, 1.165) is 19.5 Å². The monoisotopic (exact) mass is 429 g/mol. The molecular formula is C22H24ClN3O2S. The number of para-hydroxylation sites is 1. The molecule has 2 aromatic carbocycles. The fourth-order valence-corrected chi connectivity index (χ4v) is 4.31. The van der Waals surface area contributed by atoms with Gasteiger partial charge in [0.2, 0.25) is 5.91 Å². The highest BCUT2D eigenvalue weighted by atomic mass is 35.5. The van der Waals surface area contributed by atoms with Crippen molar-refractivity contribution in [3.05, 3.63) is 63.9 Å². The molecule has 7 heteroatoms. The summed E-state index contributed by atoms with van der Waals surface area (Å²) in [6.07, 6.45) is 1.21. The number of nitrogens with zero attached hydrogens (tertiary/aromatic N) is 3. The van der Waals surface area contributed by atoms with Crippen molar-refractivity contribution in [2.75, 3.05) is 18.8 Å². The molecule has 0 aliphatic rings. The van der Waals surface area contributed by atoms with Gasteiger partial charge < -0.3 is 4.90 Å². The van der Waals surface area contributed by atoms with Crippen molar-refractivity contribution in [1.29, 1.82) is 0 Å². The van der Waals surface area contributed by atoms with Crippen molar-refractivity contribution in [2.24, 2.45) is 0 Å². The van der Waals surface area contributed by atoms with Crippen molar-refractivity contribution in [3.63, 3.8) is 0 Å². The van der Waals surface area contributed by atoms with Gasteiger partial charge in [0, 0.05) is 30.3 Å². The fraction of sp³-hybridized carbons (Fsp3) is 0.318. The summed E-state index contributed by atoms with van der Waals surface area (Å²) in [6.45, 7) is 5.42. The van der Waals surface area contributed by atoms with Gasteiger partial charge in [-0.25, -0.2) is 4.98 Å². The Morgan fingerprint density at radius 1 is 1.14 bits per heavy atom. The Morgan fingerprint density at radius 3 is 2.62 bits per heavy atom. The first kappa shape index (κ1) is 21.4. The third kappa shape index (κ3) is 5.00. The van der Waals surface area contributed by atoms with Crippen LogP contribution in [0.3, 0.4) is 0 Å². The smallest absolute Gasteiger partial charge is 0.266 e. The summed E-state index contributed by atoms with van der Waals surface area (Å²) in [5, 5.41) is 1.73. The molecule has 0 N–H and O–H groups in total. The number of rotatable bonds is 8. The number of carbonyl (C=O) groups excluding carboxylic acids is 1. The summed E-state index contributed by atoms with van der Waals surface area (Å²) < 4.78 is 1.60. The van der Waals surface area contributed by atoms with E-state index in [2.05, 4.69) is 0 Å². The molecule has 5 nitrogen and oxygen atoms in total. The summed E-state index contributed by atoms with van der Waals surface area (Å²) in [7, 11) is 0. The molecule has 1 heterocycles. The highest BCUT2D eigenvalue weighted by Crippen LogP contribution is 2.23. The van der Waals surface area contributed by atoms with Crippen LogP contribution in [-0.2, 0) is 4.79 Å². The topological polar surface area (TPSA) is 55.2 Å². The maximum absolute atomic E-state index is 13.2. The Bertz CT molecular complexity index is 1060. The number of hydrogen-bond donors (Lipinski definition) is 0. The van der Waals surface area contributed by atoms with E-state index in [1.54, 1.807) is 22.8 Å². The Balaban J connectivity index is 1.87. The molecule has 0 aliphatic carbocycles. The standard InChI is InChI=1S/C22H24ClN3O2S/c1-3-25(4-2)20(27)13-8-14-29-22-24-19-12-6-5-11-18(19)21(28)26(22)17-10-7-9-16(23)15-17/h5-7,9-12,15H,3-4,8,13-14H2,1-2H3. The number of halogens is 1. The number of fused-ring (bicyclic) bond motifs is 1. The molecule has 3 aromatic rings. The normalized spacial score (nSPS) is 11.0. The molecule has 0 atom stereocenters. The van der Waals surface area contributed by atoms with E-state index in [1.807, 2.05) is 49.1 Å². The molecular weight excluding hydrogens is 406 g/mol. The molecule has 0 aliphatic heterocycles. The van der Waals surface area contributed by atoms with E-state index in [4.69, 9.17) is 16.6 Å². The first-order chi connectivity index (χ1) is 14.0. The molecule has 0 saturated heterocycles. The van der Waals surface area contributed by atoms with Gasteiger partial charge in [0.15, 0.2) is 5.16 Å². The van der Waals surface area contributed by atoms with E-state index in [-0.39, 0.29) is 11.5 Å². The molecule has 0 unspecified atom stereocenters. The van der Waals surface area contributed by atoms with Gasteiger partial charge in [-0.15, -0.1) is 0 Å². The largest absolute Gasteiger partial charge is 0.343 e. The number of carbonyl (C=O) groups is 1. The maximum atomic E-state index is 13.2. The second kappa shape index (κ2) is 9.94. The average Bonchev–Trinajstić information content (AvgIpc) is 2.72. The van der Waals surface area contributed by atoms with Crippen LogP contribution >= 0.6 is 23.4 Å². The zero-order valence-electron chi connectivity index (χ0n) is 16.6. The summed E-state index contributed by atoms with van der Waals surface area (Å²) >= 11 is 7.64. The molecule has 1 aromatic heterocycles. The number of amides is 1. The van der Waals surface area contributed by atoms with Gasteiger partial charge >= 0.3 is 0 Å². The van der Waals surface area contributed by atoms with Gasteiger partial charge in [0.25, 0.3) is 5.56 Å². The molecule has 0 spiro atoms. The number of hydrogen-bond acceptors (Lipinski definition) is 4. The van der Waals surface area contributed by atoms with Gasteiger partial charge in [0.1, 0.15) is 0 Å². The molecule has 0 saturated carbocycles. The number of aromatic nitrogens is 2. The van der Waals surface area contributed by atoms with Crippen LogP contribution in [0.2, 0.25) is 5.02 Å². The van der Waals surface area contributed by atoms with Crippen LogP contribution in [0, 0.1) is 0 Å². The van der Waals surface area contributed by atoms with Crippen LogP contribution in [0.15, 0.2) is 58.5 Å². The fourth-order valence-electron chi connectivity index (χ4n) is 3.17. The minimum absolute atomic E-state index is 0.125. The highest BCUT2D eigenvalue weighted by Gasteiger charge is 2.14. The Labute approximate surface area is 179 Å². The minimum Gasteiger partial charge on any atom is -0.343 e. The van der Waals surface area contributed by atoms with Crippen LogP contribution in [-0.4, -0.2) is 39.2 Å². The van der Waals surface area contributed by atoms with Gasteiger partial charge in [-0.1, -0.05) is 41.6 Å². The van der Waals surface area contributed by atoms with Gasteiger partial charge in [-0.3, -0.25) is 14.2 Å². The third-order valence-electron chi connectivity index (χ3n) is 4.69. The Kier molecular flexibility index (Phi) is 7.34. The highest BCUT2D eigenvalue weighted by molar-refractivity contribution is 7.99. The van der Waals surface area contributed by atoms with E-state index >= 15 is 0 Å². The Morgan fingerprint density at radius 2 is 1.90 bits per heavy atom. The van der Waals surface area contributed by atoms with E-state index in [1.165, 1.54) is 11.8 Å². The quantitative estimate of drug-likeness (QED) is 0.294. The lowest BCUT2D eigenvalue weighted by Crippen LogP contribution is -2.30. The molecule has 0 bridgehead atoms. The van der Waals surface area contributed by atoms with Gasteiger partial charge in [-0.05, 0) is 50.6 Å². The van der Waals surface area contributed by atoms with Crippen molar-refractivity contribution in [2.45, 2.75) is 31.8 Å². The molecule has 152 valence electrons. The van der Waals surface area contributed by atoms with Crippen molar-refractivity contribution in [3.8, 4) is 5.69 Å². The Hall–Kier alpha value is -2.31. The molecule has 1 amide bonds. The molecule has 29 heavy (non-hydrogen) atoms. The summed E-state index contributed by atoms with van der Waals surface area (Å²) in [5.41, 5.74) is 1.22. The van der Waals surface area contributed by atoms with Crippen LogP contribution in [0.1, 0.15) is 26.7 Å². The predicted molar refractivity (Wildman–Crippen MR) is 120 cm³/mol. The van der Waals surface area contributed by atoms with Gasteiger partial charge in [-0.2, -0.15) is 0 Å². The summed E-state index contributed by atoms with van der Waals surface area (Å²) in [6, 6.07) is 14.5. The van der Waals surface area contributed by atoms with Crippen molar-refractivity contribution >= 4 is 40.2 Å². The maximum Gasteiger partial charge on any atom is 0.266 e. The van der Waals surface area contributed by atoms with Gasteiger partial charge in [0.05, 0.1) is 16.6 Å². The molecule has 0 radical (unpaired) electrons.